The highest BCUT2D eigenvalue weighted by Gasteiger charge is 2.17. The van der Waals surface area contributed by atoms with Crippen LogP contribution in [0.25, 0.3) is 22.1 Å². The van der Waals surface area contributed by atoms with Crippen LogP contribution >= 0.6 is 0 Å². The summed E-state index contributed by atoms with van der Waals surface area (Å²) in [6.07, 6.45) is 2.41. The van der Waals surface area contributed by atoms with Crippen LogP contribution in [0.3, 0.4) is 0 Å². The lowest BCUT2D eigenvalue weighted by molar-refractivity contribution is -0.135. The molecule has 10 heteroatoms. The van der Waals surface area contributed by atoms with Crippen molar-refractivity contribution in [3.8, 4) is 16.9 Å². The van der Waals surface area contributed by atoms with Crippen molar-refractivity contribution >= 4 is 32.5 Å². The van der Waals surface area contributed by atoms with Crippen molar-refractivity contribution < 1.29 is 36.3 Å². The maximum atomic E-state index is 14.0. The molecule has 0 spiro atoms. The molecule has 4 aromatic rings. The van der Waals surface area contributed by atoms with Crippen LogP contribution in [0.1, 0.15) is 5.56 Å². The first-order valence-corrected chi connectivity index (χ1v) is 13.0. The quantitative estimate of drug-likeness (QED) is 0.321. The third-order valence-corrected chi connectivity index (χ3v) is 6.46. The van der Waals surface area contributed by atoms with Crippen molar-refractivity contribution in [1.82, 2.24) is 0 Å². The van der Waals surface area contributed by atoms with Crippen molar-refractivity contribution in [2.75, 3.05) is 30.0 Å². The molecule has 0 aliphatic heterocycles. The highest BCUT2D eigenvalue weighted by Crippen LogP contribution is 2.33. The number of ether oxygens (including phenoxy) is 1. The first-order valence-electron chi connectivity index (χ1n) is 10.9. The van der Waals surface area contributed by atoms with E-state index >= 15 is 0 Å². The van der Waals surface area contributed by atoms with Crippen LogP contribution < -0.4 is 9.64 Å². The first-order chi connectivity index (χ1) is 17.1. The number of anilines is 1. The Labute approximate surface area is 206 Å². The number of aliphatic carboxylic acids is 1. The minimum atomic E-state index is -3.26. The molecule has 0 aliphatic rings. The van der Waals surface area contributed by atoms with Crippen molar-refractivity contribution in [1.29, 1.82) is 0 Å². The lowest BCUT2D eigenvalue weighted by atomic mass is 10.0. The number of sulfone groups is 1. The molecular weight excluding hydrogens is 492 g/mol. The largest absolute Gasteiger partial charge is 0.489 e. The zero-order chi connectivity index (χ0) is 25.9. The van der Waals surface area contributed by atoms with Gasteiger partial charge >= 0.3 is 5.97 Å². The van der Waals surface area contributed by atoms with Crippen molar-refractivity contribution in [2.45, 2.75) is 6.61 Å². The van der Waals surface area contributed by atoms with Crippen LogP contribution in [0.5, 0.6) is 5.75 Å². The van der Waals surface area contributed by atoms with Gasteiger partial charge in [0.15, 0.2) is 11.6 Å². The molecule has 0 bridgehead atoms. The third-order valence-electron chi connectivity index (χ3n) is 5.53. The number of hydrogen-bond donors (Lipinski definition) is 1. The number of benzene rings is 3. The summed E-state index contributed by atoms with van der Waals surface area (Å²) >= 11 is 0. The molecular formula is C26H23F2NO6S. The Balaban J connectivity index is 1.47. The summed E-state index contributed by atoms with van der Waals surface area (Å²) in [5.41, 5.74) is 2.61. The lowest BCUT2D eigenvalue weighted by Crippen LogP contribution is -2.33. The van der Waals surface area contributed by atoms with E-state index in [2.05, 4.69) is 0 Å². The molecule has 0 saturated carbocycles. The van der Waals surface area contributed by atoms with Gasteiger partial charge in [-0.1, -0.05) is 24.3 Å². The Hall–Kier alpha value is -3.92. The van der Waals surface area contributed by atoms with E-state index in [1.54, 1.807) is 42.5 Å². The molecule has 0 amide bonds. The maximum absolute atomic E-state index is 14.0. The van der Waals surface area contributed by atoms with Crippen LogP contribution in [0, 0.1) is 11.6 Å². The molecule has 4 rings (SSSR count). The van der Waals surface area contributed by atoms with Gasteiger partial charge in [-0.3, -0.25) is 4.79 Å². The van der Waals surface area contributed by atoms with Gasteiger partial charge in [-0.15, -0.1) is 0 Å². The molecule has 3 aromatic carbocycles. The normalized spacial score (nSPS) is 11.5. The number of carbonyl (C=O) groups is 1. The van der Waals surface area contributed by atoms with Gasteiger partial charge < -0.3 is 19.2 Å². The zero-order valence-electron chi connectivity index (χ0n) is 19.3. The van der Waals surface area contributed by atoms with Crippen LogP contribution in [0.4, 0.5) is 14.5 Å². The number of rotatable bonds is 10. The number of fused-ring (bicyclic) bond motifs is 1. The minimum absolute atomic E-state index is 0.0455. The second-order valence-corrected chi connectivity index (χ2v) is 10.6. The van der Waals surface area contributed by atoms with E-state index in [-0.39, 0.29) is 36.4 Å². The summed E-state index contributed by atoms with van der Waals surface area (Å²) in [7, 11) is -3.26. The fraction of sp³-hybridized carbons (Fsp3) is 0.192. The molecule has 36 heavy (non-hydrogen) atoms. The Bertz CT molecular complexity index is 1500. The lowest BCUT2D eigenvalue weighted by Gasteiger charge is -2.23. The van der Waals surface area contributed by atoms with E-state index in [1.165, 1.54) is 17.2 Å². The van der Waals surface area contributed by atoms with Gasteiger partial charge in [-0.05, 0) is 47.5 Å². The smallest absolute Gasteiger partial charge is 0.323 e. The summed E-state index contributed by atoms with van der Waals surface area (Å²) in [6.45, 7) is -0.119. The third kappa shape index (κ3) is 6.01. The number of carboxylic acids is 1. The van der Waals surface area contributed by atoms with Gasteiger partial charge in [0.1, 0.15) is 34.3 Å². The van der Waals surface area contributed by atoms with Crippen LogP contribution in [0.2, 0.25) is 0 Å². The fourth-order valence-corrected chi connectivity index (χ4v) is 4.32. The summed E-state index contributed by atoms with van der Waals surface area (Å²) in [5.74, 6) is -2.63. The Morgan fingerprint density at radius 1 is 1.08 bits per heavy atom. The first kappa shape index (κ1) is 25.2. The number of halogens is 2. The summed E-state index contributed by atoms with van der Waals surface area (Å²) < 4.78 is 62.3. The molecule has 1 aromatic heterocycles. The number of carboxylic acid groups (broad SMARTS) is 1. The Morgan fingerprint density at radius 2 is 1.83 bits per heavy atom. The highest BCUT2D eigenvalue weighted by atomic mass is 32.2. The predicted octanol–water partition coefficient (Wildman–Crippen LogP) is 4.89. The molecule has 0 aliphatic carbocycles. The highest BCUT2D eigenvalue weighted by molar-refractivity contribution is 7.90. The summed E-state index contributed by atoms with van der Waals surface area (Å²) in [6, 6.07) is 16.3. The van der Waals surface area contributed by atoms with Gasteiger partial charge in [0, 0.05) is 24.1 Å². The number of furan rings is 1. The van der Waals surface area contributed by atoms with Crippen molar-refractivity contribution in [3.05, 3.63) is 84.1 Å². The van der Waals surface area contributed by atoms with Gasteiger partial charge in [0.25, 0.3) is 0 Å². The molecule has 1 N–H and O–H groups in total. The minimum Gasteiger partial charge on any atom is -0.489 e. The van der Waals surface area contributed by atoms with Gasteiger partial charge in [-0.2, -0.15) is 0 Å². The summed E-state index contributed by atoms with van der Waals surface area (Å²) in [5, 5.41) is 9.28. The van der Waals surface area contributed by atoms with E-state index in [1.807, 2.05) is 6.07 Å². The molecule has 0 unspecified atom stereocenters. The monoisotopic (exact) mass is 515 g/mol. The predicted molar refractivity (Wildman–Crippen MR) is 132 cm³/mol. The Morgan fingerprint density at radius 3 is 2.53 bits per heavy atom. The molecule has 7 nitrogen and oxygen atoms in total. The average molecular weight is 516 g/mol. The summed E-state index contributed by atoms with van der Waals surface area (Å²) in [4.78, 5) is 12.7. The molecule has 0 atom stereocenters. The second-order valence-electron chi connectivity index (χ2n) is 8.31. The second kappa shape index (κ2) is 10.4. The van der Waals surface area contributed by atoms with E-state index in [4.69, 9.17) is 9.15 Å². The fourth-order valence-electron chi connectivity index (χ4n) is 3.77. The average Bonchev–Trinajstić information content (AvgIpc) is 3.33. The van der Waals surface area contributed by atoms with Crippen LogP contribution in [0.15, 0.2) is 71.3 Å². The van der Waals surface area contributed by atoms with E-state index in [0.29, 0.717) is 22.6 Å². The van der Waals surface area contributed by atoms with E-state index in [9.17, 15) is 27.1 Å². The molecule has 0 fully saturated rings. The molecule has 1 heterocycles. The topological polar surface area (TPSA) is 97.1 Å². The van der Waals surface area contributed by atoms with Gasteiger partial charge in [0.05, 0.1) is 17.4 Å². The standard InChI is InChI=1S/C26H23F2NO6S/c1-36(32,33)12-10-29(15-24(30)31)19-4-2-3-17(13-19)16-35-20-7-5-18(6-8-20)22-14-23(27)25(28)21-9-11-34-26(21)22/h2-9,11,13-14H,10,12,15-16H2,1H3,(H,30,31). The van der Waals surface area contributed by atoms with Crippen LogP contribution in [-0.4, -0.2) is 44.6 Å². The van der Waals surface area contributed by atoms with Gasteiger partial charge in [0.2, 0.25) is 0 Å². The molecule has 0 saturated heterocycles. The number of nitrogens with zero attached hydrogens (tertiary/aromatic N) is 1. The van der Waals surface area contributed by atoms with E-state index in [0.717, 1.165) is 17.9 Å². The van der Waals surface area contributed by atoms with E-state index < -0.39 is 27.4 Å². The molecule has 188 valence electrons. The number of hydrogen-bond acceptors (Lipinski definition) is 6. The maximum Gasteiger partial charge on any atom is 0.323 e. The van der Waals surface area contributed by atoms with Crippen LogP contribution in [-0.2, 0) is 21.2 Å². The molecule has 0 radical (unpaired) electrons. The van der Waals surface area contributed by atoms with Gasteiger partial charge in [-0.25, -0.2) is 17.2 Å². The zero-order valence-corrected chi connectivity index (χ0v) is 20.1. The van der Waals surface area contributed by atoms with Crippen molar-refractivity contribution in [3.63, 3.8) is 0 Å². The Kier molecular flexibility index (Phi) is 7.25. The SMILES string of the molecule is CS(=O)(=O)CCN(CC(=O)O)c1cccc(COc2ccc(-c3cc(F)c(F)c4ccoc34)cc2)c1. The van der Waals surface area contributed by atoms with Crippen molar-refractivity contribution in [2.24, 2.45) is 0 Å².